The Morgan fingerprint density at radius 3 is 2.56 bits per heavy atom. The lowest BCUT2D eigenvalue weighted by atomic mass is 10.0. The van der Waals surface area contributed by atoms with Gasteiger partial charge in [0.1, 0.15) is 17.3 Å². The second-order valence-electron chi connectivity index (χ2n) is 10.4. The average molecular weight is 564 g/mol. The standard InChI is InChI=1S/C27H29N7O3S2/c1-14-24(38-27(28-14)31-22-8-6-7-20(30-22)25-29-16(3)32-33(25)4)18-11-19-13-34(15(2)17-9-10-17)26(35)23(19)21(12-18)39(5,36)37/h6-8,11-12,15,17H,9-10,13H2,1-5H3,(H,28,30,31)/t15-/m0/s1. The Balaban J connectivity index is 1.34. The number of nitrogens with zero attached hydrogens (tertiary/aromatic N) is 6. The summed E-state index contributed by atoms with van der Waals surface area (Å²) in [6.45, 7) is 6.20. The molecule has 1 aliphatic heterocycles. The summed E-state index contributed by atoms with van der Waals surface area (Å²) < 4.78 is 27.4. The predicted octanol–water partition coefficient (Wildman–Crippen LogP) is 4.52. The Morgan fingerprint density at radius 1 is 1.13 bits per heavy atom. The monoisotopic (exact) mass is 563 g/mol. The van der Waals surface area contributed by atoms with Crippen LogP contribution in [0.25, 0.3) is 22.0 Å². The van der Waals surface area contributed by atoms with Crippen LogP contribution in [-0.2, 0) is 23.4 Å². The number of aromatic nitrogens is 5. The van der Waals surface area contributed by atoms with Gasteiger partial charge in [0.15, 0.2) is 20.8 Å². The third-order valence-corrected chi connectivity index (χ3v) is 9.58. The van der Waals surface area contributed by atoms with Crippen molar-refractivity contribution in [1.29, 1.82) is 0 Å². The second-order valence-corrected chi connectivity index (χ2v) is 13.3. The zero-order valence-electron chi connectivity index (χ0n) is 22.4. The van der Waals surface area contributed by atoms with Crippen molar-refractivity contribution in [3.8, 4) is 22.0 Å². The third kappa shape index (κ3) is 4.71. The van der Waals surface area contributed by atoms with Crippen molar-refractivity contribution in [1.82, 2.24) is 29.6 Å². The van der Waals surface area contributed by atoms with Crippen molar-refractivity contribution in [2.24, 2.45) is 13.0 Å². The molecule has 0 radical (unpaired) electrons. The number of carbonyl (C=O) groups is 1. The van der Waals surface area contributed by atoms with Crippen LogP contribution < -0.4 is 5.32 Å². The highest BCUT2D eigenvalue weighted by molar-refractivity contribution is 7.90. The first-order valence-corrected chi connectivity index (χ1v) is 15.5. The van der Waals surface area contributed by atoms with Gasteiger partial charge in [-0.1, -0.05) is 17.4 Å². The highest BCUT2D eigenvalue weighted by atomic mass is 32.2. The normalized spacial score (nSPS) is 16.0. The van der Waals surface area contributed by atoms with Crippen molar-refractivity contribution < 1.29 is 13.2 Å². The Labute approximate surface area is 231 Å². The van der Waals surface area contributed by atoms with Gasteiger partial charge in [0.25, 0.3) is 5.91 Å². The van der Waals surface area contributed by atoms with E-state index in [1.165, 1.54) is 11.3 Å². The molecule has 1 atom stereocenters. The van der Waals surface area contributed by atoms with Crippen LogP contribution in [0, 0.1) is 19.8 Å². The Hall–Kier alpha value is -3.64. The van der Waals surface area contributed by atoms with Gasteiger partial charge in [-0.3, -0.25) is 4.79 Å². The van der Waals surface area contributed by atoms with Crippen molar-refractivity contribution in [3.05, 3.63) is 53.0 Å². The number of amides is 1. The lowest BCUT2D eigenvalue weighted by Gasteiger charge is -2.24. The number of aryl methyl sites for hydroxylation is 3. The predicted molar refractivity (Wildman–Crippen MR) is 150 cm³/mol. The minimum Gasteiger partial charge on any atom is -0.331 e. The maximum absolute atomic E-state index is 13.3. The van der Waals surface area contributed by atoms with Gasteiger partial charge in [-0.2, -0.15) is 5.10 Å². The molecule has 1 aromatic carbocycles. The molecule has 0 bridgehead atoms. The van der Waals surface area contributed by atoms with Gasteiger partial charge in [-0.25, -0.2) is 28.1 Å². The van der Waals surface area contributed by atoms with E-state index in [0.29, 0.717) is 46.3 Å². The molecule has 10 nitrogen and oxygen atoms in total. The highest BCUT2D eigenvalue weighted by Gasteiger charge is 2.41. The molecule has 39 heavy (non-hydrogen) atoms. The number of thiazole rings is 1. The first kappa shape index (κ1) is 25.6. The van der Waals surface area contributed by atoms with Gasteiger partial charge in [0.2, 0.25) is 0 Å². The van der Waals surface area contributed by atoms with Gasteiger partial charge in [-0.05, 0) is 74.9 Å². The summed E-state index contributed by atoms with van der Waals surface area (Å²) in [5, 5.41) is 8.20. The third-order valence-electron chi connectivity index (χ3n) is 7.34. The number of anilines is 2. The zero-order valence-corrected chi connectivity index (χ0v) is 24.0. The molecule has 3 aromatic heterocycles. The molecule has 1 saturated carbocycles. The summed E-state index contributed by atoms with van der Waals surface area (Å²) in [6, 6.07) is 9.27. The maximum Gasteiger partial charge on any atom is 0.256 e. The van der Waals surface area contributed by atoms with Crippen LogP contribution in [-0.4, -0.2) is 56.3 Å². The summed E-state index contributed by atoms with van der Waals surface area (Å²) in [5.41, 5.74) is 3.25. The van der Waals surface area contributed by atoms with E-state index in [9.17, 15) is 13.2 Å². The number of hydrogen-bond acceptors (Lipinski definition) is 9. The summed E-state index contributed by atoms with van der Waals surface area (Å²) in [5.74, 6) is 2.24. The molecule has 0 unspecified atom stereocenters. The first-order valence-electron chi connectivity index (χ1n) is 12.8. The molecular weight excluding hydrogens is 534 g/mol. The number of sulfone groups is 1. The second kappa shape index (κ2) is 9.23. The van der Waals surface area contributed by atoms with E-state index in [0.717, 1.165) is 40.8 Å². The van der Waals surface area contributed by atoms with E-state index < -0.39 is 9.84 Å². The van der Waals surface area contributed by atoms with Gasteiger partial charge < -0.3 is 10.2 Å². The quantitative estimate of drug-likeness (QED) is 0.348. The largest absolute Gasteiger partial charge is 0.331 e. The first-order chi connectivity index (χ1) is 18.5. The maximum atomic E-state index is 13.3. The number of benzene rings is 1. The van der Waals surface area contributed by atoms with Crippen LogP contribution in [0.4, 0.5) is 10.9 Å². The van der Waals surface area contributed by atoms with Crippen LogP contribution in [0.2, 0.25) is 0 Å². The summed E-state index contributed by atoms with van der Waals surface area (Å²) in [6.07, 6.45) is 3.38. The molecule has 0 spiro atoms. The Kier molecular flexibility index (Phi) is 6.07. The van der Waals surface area contributed by atoms with Crippen LogP contribution >= 0.6 is 11.3 Å². The van der Waals surface area contributed by atoms with Gasteiger partial charge >= 0.3 is 0 Å². The molecule has 4 heterocycles. The van der Waals surface area contributed by atoms with E-state index in [4.69, 9.17) is 0 Å². The highest BCUT2D eigenvalue weighted by Crippen LogP contribution is 2.42. The minimum absolute atomic E-state index is 0.0844. The van der Waals surface area contributed by atoms with Crippen molar-refractivity contribution in [2.75, 3.05) is 11.6 Å². The van der Waals surface area contributed by atoms with Gasteiger partial charge in [0, 0.05) is 25.9 Å². The average Bonchev–Trinajstić information content (AvgIpc) is 3.48. The minimum atomic E-state index is -3.63. The zero-order chi connectivity index (χ0) is 27.6. The van der Waals surface area contributed by atoms with Gasteiger partial charge in [0.05, 0.1) is 21.0 Å². The van der Waals surface area contributed by atoms with Gasteiger partial charge in [-0.15, -0.1) is 0 Å². The molecule has 1 N–H and O–H groups in total. The van der Waals surface area contributed by atoms with Crippen LogP contribution in [0.1, 0.15) is 47.2 Å². The molecule has 0 saturated heterocycles. The molecule has 202 valence electrons. The fourth-order valence-electron chi connectivity index (χ4n) is 5.22. The number of fused-ring (bicyclic) bond motifs is 1. The fourth-order valence-corrected chi connectivity index (χ4v) is 7.11. The number of carbonyl (C=O) groups excluding carboxylic acids is 1. The lowest BCUT2D eigenvalue weighted by Crippen LogP contribution is -2.35. The molecular formula is C27H29N7O3S2. The number of nitrogens with one attached hydrogen (secondary N) is 1. The van der Waals surface area contributed by atoms with Crippen molar-refractivity contribution in [3.63, 3.8) is 0 Å². The molecule has 6 rings (SSSR count). The Bertz CT molecular complexity index is 1740. The van der Waals surface area contributed by atoms with Crippen LogP contribution in [0.3, 0.4) is 0 Å². The van der Waals surface area contributed by atoms with E-state index in [1.54, 1.807) is 10.7 Å². The van der Waals surface area contributed by atoms with E-state index in [2.05, 4.69) is 32.3 Å². The lowest BCUT2D eigenvalue weighted by molar-refractivity contribution is 0.0694. The number of rotatable bonds is 7. The van der Waals surface area contributed by atoms with E-state index >= 15 is 0 Å². The molecule has 4 aromatic rings. The topological polar surface area (TPSA) is 123 Å². The van der Waals surface area contributed by atoms with Crippen molar-refractivity contribution in [2.45, 2.75) is 51.1 Å². The molecule has 12 heteroatoms. The van der Waals surface area contributed by atoms with Crippen molar-refractivity contribution >= 4 is 38.0 Å². The SMILES string of the molecule is Cc1nc(-c2cccc(Nc3nc(C)c(-c4cc5c(c(S(C)(=O)=O)c4)C(=O)N([C@@H](C)C4CC4)C5)s3)n2)n(C)n1. The number of pyridine rings is 1. The fraction of sp³-hybridized carbons (Fsp3) is 0.370. The van der Waals surface area contributed by atoms with E-state index in [-0.39, 0.29) is 16.8 Å². The summed E-state index contributed by atoms with van der Waals surface area (Å²) >= 11 is 1.42. The van der Waals surface area contributed by atoms with Crippen LogP contribution in [0.5, 0.6) is 0 Å². The van der Waals surface area contributed by atoms with Crippen LogP contribution in [0.15, 0.2) is 35.2 Å². The Morgan fingerprint density at radius 2 is 1.90 bits per heavy atom. The summed E-state index contributed by atoms with van der Waals surface area (Å²) in [4.78, 5) is 29.9. The molecule has 2 aliphatic rings. The number of hydrogen-bond donors (Lipinski definition) is 1. The molecule has 1 amide bonds. The smallest absolute Gasteiger partial charge is 0.256 e. The summed E-state index contributed by atoms with van der Waals surface area (Å²) in [7, 11) is -1.81. The molecule has 1 aliphatic carbocycles. The van der Waals surface area contributed by atoms with E-state index in [1.807, 2.05) is 50.1 Å². The molecule has 1 fully saturated rings.